The number of aromatic carboxylic acids is 1. The Morgan fingerprint density at radius 2 is 1.94 bits per heavy atom. The predicted molar refractivity (Wildman–Crippen MR) is 67.9 cm³/mol. The normalized spacial score (nSPS) is 10.4. The van der Waals surface area contributed by atoms with Crippen LogP contribution in [0.15, 0.2) is 24.3 Å². The molecule has 1 rings (SSSR count). The van der Waals surface area contributed by atoms with Crippen molar-refractivity contribution in [1.82, 2.24) is 0 Å². The minimum absolute atomic E-state index is 0.0444. The number of amides is 1. The van der Waals surface area contributed by atoms with Crippen LogP contribution in [0.3, 0.4) is 0 Å². The van der Waals surface area contributed by atoms with Crippen LogP contribution in [0.25, 0.3) is 0 Å². The van der Waals surface area contributed by atoms with E-state index < -0.39 is 5.97 Å². The molecule has 98 valence electrons. The topological polar surface area (TPSA) is 66.8 Å². The van der Waals surface area contributed by atoms with Crippen molar-refractivity contribution in [2.24, 2.45) is 0 Å². The highest BCUT2D eigenvalue weighted by molar-refractivity contribution is 6.01. The molecular weight excluding hydrogens is 234 g/mol. The van der Waals surface area contributed by atoms with Crippen molar-refractivity contribution in [2.75, 3.05) is 18.6 Å². The molecule has 5 heteroatoms. The molecular formula is C13H17NO4. The van der Waals surface area contributed by atoms with Crippen LogP contribution in [0, 0.1) is 0 Å². The summed E-state index contributed by atoms with van der Waals surface area (Å²) >= 11 is 0. The molecule has 0 aliphatic heterocycles. The highest BCUT2D eigenvalue weighted by Gasteiger charge is 2.17. The van der Waals surface area contributed by atoms with Crippen LogP contribution in [-0.2, 0) is 9.53 Å². The van der Waals surface area contributed by atoms with Crippen LogP contribution >= 0.6 is 0 Å². The molecule has 1 N–H and O–H groups in total. The van der Waals surface area contributed by atoms with Crippen molar-refractivity contribution >= 4 is 17.6 Å². The van der Waals surface area contributed by atoms with Gasteiger partial charge in [0.1, 0.15) is 6.61 Å². The Balaban J connectivity index is 2.86. The van der Waals surface area contributed by atoms with Gasteiger partial charge in [-0.05, 0) is 26.0 Å². The summed E-state index contributed by atoms with van der Waals surface area (Å²) in [5, 5.41) is 9.05. The Morgan fingerprint density at radius 1 is 1.33 bits per heavy atom. The first-order chi connectivity index (χ1) is 8.43. The third-order valence-corrected chi connectivity index (χ3v) is 2.41. The van der Waals surface area contributed by atoms with E-state index in [9.17, 15) is 9.59 Å². The number of carboxylic acid groups (broad SMARTS) is 1. The fourth-order valence-electron chi connectivity index (χ4n) is 1.42. The van der Waals surface area contributed by atoms with Crippen LogP contribution in [0.4, 0.5) is 5.69 Å². The van der Waals surface area contributed by atoms with Crippen molar-refractivity contribution in [1.29, 1.82) is 0 Å². The Morgan fingerprint density at radius 3 is 2.50 bits per heavy atom. The van der Waals surface area contributed by atoms with Gasteiger partial charge >= 0.3 is 5.97 Å². The molecule has 0 fully saturated rings. The van der Waals surface area contributed by atoms with Gasteiger partial charge in [0.2, 0.25) is 0 Å². The maximum Gasteiger partial charge on any atom is 0.337 e. The number of carbonyl (C=O) groups is 2. The summed E-state index contributed by atoms with van der Waals surface area (Å²) in [5.74, 6) is -1.34. The average Bonchev–Trinajstić information content (AvgIpc) is 2.34. The summed E-state index contributed by atoms with van der Waals surface area (Å²) in [6.07, 6.45) is -0.0444. The Labute approximate surface area is 106 Å². The lowest BCUT2D eigenvalue weighted by Crippen LogP contribution is -2.32. The first-order valence-corrected chi connectivity index (χ1v) is 5.64. The quantitative estimate of drug-likeness (QED) is 0.866. The molecule has 18 heavy (non-hydrogen) atoms. The van der Waals surface area contributed by atoms with Gasteiger partial charge in [-0.3, -0.25) is 4.79 Å². The standard InChI is InChI=1S/C13H17NO4/c1-9(2)18-8-12(15)14(3)11-7-5-4-6-10(11)13(16)17/h4-7,9H,8H2,1-3H3,(H,16,17). The molecule has 0 spiro atoms. The third kappa shape index (κ3) is 3.56. The number of hydrogen-bond acceptors (Lipinski definition) is 3. The summed E-state index contributed by atoms with van der Waals surface area (Å²) in [4.78, 5) is 24.2. The fourth-order valence-corrected chi connectivity index (χ4v) is 1.42. The van der Waals surface area contributed by atoms with E-state index in [-0.39, 0.29) is 24.2 Å². The maximum atomic E-state index is 11.8. The lowest BCUT2D eigenvalue weighted by Gasteiger charge is -2.19. The molecule has 0 aliphatic rings. The number of benzene rings is 1. The van der Waals surface area contributed by atoms with Gasteiger partial charge < -0.3 is 14.7 Å². The molecule has 0 unspecified atom stereocenters. The second kappa shape index (κ2) is 6.16. The van der Waals surface area contributed by atoms with E-state index in [1.54, 1.807) is 18.2 Å². The number of rotatable bonds is 5. The molecule has 0 saturated heterocycles. The number of nitrogens with zero attached hydrogens (tertiary/aromatic N) is 1. The van der Waals surface area contributed by atoms with Gasteiger partial charge in [0, 0.05) is 7.05 Å². The zero-order valence-corrected chi connectivity index (χ0v) is 10.7. The number of hydrogen-bond donors (Lipinski definition) is 1. The van der Waals surface area contributed by atoms with Crippen LogP contribution in [0.2, 0.25) is 0 Å². The van der Waals surface area contributed by atoms with E-state index in [2.05, 4.69) is 0 Å². The number of anilines is 1. The largest absolute Gasteiger partial charge is 0.478 e. The zero-order valence-electron chi connectivity index (χ0n) is 10.7. The number of carboxylic acids is 1. The highest BCUT2D eigenvalue weighted by Crippen LogP contribution is 2.19. The van der Waals surface area contributed by atoms with E-state index in [1.807, 2.05) is 13.8 Å². The van der Waals surface area contributed by atoms with E-state index in [1.165, 1.54) is 18.0 Å². The van der Waals surface area contributed by atoms with E-state index in [0.29, 0.717) is 5.69 Å². The molecule has 1 amide bonds. The number of likely N-dealkylation sites (N-methyl/N-ethyl adjacent to an activating group) is 1. The van der Waals surface area contributed by atoms with Gasteiger partial charge in [0.25, 0.3) is 5.91 Å². The second-order valence-corrected chi connectivity index (χ2v) is 4.13. The molecule has 0 aromatic heterocycles. The van der Waals surface area contributed by atoms with Gasteiger partial charge in [-0.1, -0.05) is 12.1 Å². The lowest BCUT2D eigenvalue weighted by molar-refractivity contribution is -0.124. The van der Waals surface area contributed by atoms with Crippen LogP contribution in [0.1, 0.15) is 24.2 Å². The maximum absolute atomic E-state index is 11.8. The predicted octanol–water partition coefficient (Wildman–Crippen LogP) is 1.77. The van der Waals surface area contributed by atoms with Crippen molar-refractivity contribution in [2.45, 2.75) is 20.0 Å². The number of ether oxygens (including phenoxy) is 1. The lowest BCUT2D eigenvalue weighted by atomic mass is 10.1. The van der Waals surface area contributed by atoms with Gasteiger partial charge in [-0.2, -0.15) is 0 Å². The molecule has 1 aromatic rings. The molecule has 0 aliphatic carbocycles. The monoisotopic (exact) mass is 251 g/mol. The number of carbonyl (C=O) groups excluding carboxylic acids is 1. The molecule has 0 atom stereocenters. The molecule has 0 heterocycles. The SMILES string of the molecule is CC(C)OCC(=O)N(C)c1ccccc1C(=O)O. The van der Waals surface area contributed by atoms with E-state index >= 15 is 0 Å². The van der Waals surface area contributed by atoms with Crippen molar-refractivity contribution in [3.8, 4) is 0 Å². The number of para-hydroxylation sites is 1. The molecule has 0 saturated carbocycles. The first-order valence-electron chi connectivity index (χ1n) is 5.64. The van der Waals surface area contributed by atoms with Crippen molar-refractivity contribution in [3.63, 3.8) is 0 Å². The molecule has 0 radical (unpaired) electrons. The third-order valence-electron chi connectivity index (χ3n) is 2.41. The molecule has 1 aromatic carbocycles. The smallest absolute Gasteiger partial charge is 0.337 e. The summed E-state index contributed by atoms with van der Waals surface area (Å²) in [6.45, 7) is 3.60. The summed E-state index contributed by atoms with van der Waals surface area (Å²) in [7, 11) is 1.54. The molecule has 5 nitrogen and oxygen atoms in total. The van der Waals surface area contributed by atoms with E-state index in [4.69, 9.17) is 9.84 Å². The Hall–Kier alpha value is -1.88. The van der Waals surface area contributed by atoms with Crippen molar-refractivity contribution < 1.29 is 19.4 Å². The van der Waals surface area contributed by atoms with Crippen LogP contribution < -0.4 is 4.90 Å². The van der Waals surface area contributed by atoms with Crippen molar-refractivity contribution in [3.05, 3.63) is 29.8 Å². The van der Waals surface area contributed by atoms with Gasteiger partial charge in [-0.15, -0.1) is 0 Å². The summed E-state index contributed by atoms with van der Waals surface area (Å²) in [6, 6.07) is 6.37. The van der Waals surface area contributed by atoms with Gasteiger partial charge in [-0.25, -0.2) is 4.79 Å². The summed E-state index contributed by atoms with van der Waals surface area (Å²) in [5.41, 5.74) is 0.459. The van der Waals surface area contributed by atoms with Gasteiger partial charge in [0.05, 0.1) is 17.4 Å². The zero-order chi connectivity index (χ0) is 13.7. The van der Waals surface area contributed by atoms with Crippen LogP contribution in [0.5, 0.6) is 0 Å². The molecule has 0 bridgehead atoms. The first kappa shape index (κ1) is 14.2. The van der Waals surface area contributed by atoms with Crippen LogP contribution in [-0.4, -0.2) is 36.7 Å². The minimum Gasteiger partial charge on any atom is -0.478 e. The minimum atomic E-state index is -1.06. The summed E-state index contributed by atoms with van der Waals surface area (Å²) < 4.78 is 5.21. The highest BCUT2D eigenvalue weighted by atomic mass is 16.5. The fraction of sp³-hybridized carbons (Fsp3) is 0.385. The Kier molecular flexibility index (Phi) is 4.85. The second-order valence-electron chi connectivity index (χ2n) is 4.13. The Bertz CT molecular complexity index is 442. The van der Waals surface area contributed by atoms with Gasteiger partial charge in [0.15, 0.2) is 0 Å². The average molecular weight is 251 g/mol. The van der Waals surface area contributed by atoms with E-state index in [0.717, 1.165) is 0 Å².